The lowest BCUT2D eigenvalue weighted by Gasteiger charge is -2.28. The molecule has 7 heteroatoms. The molecule has 0 atom stereocenters. The molecule has 6 nitrogen and oxygen atoms in total. The molecule has 0 radical (unpaired) electrons. The van der Waals surface area contributed by atoms with Gasteiger partial charge < -0.3 is 10.2 Å². The van der Waals surface area contributed by atoms with Gasteiger partial charge in [-0.05, 0) is 23.6 Å². The lowest BCUT2D eigenvalue weighted by Crippen LogP contribution is -2.44. The zero-order chi connectivity index (χ0) is 14.1. The molecule has 3 aromatic heterocycles. The average Bonchev–Trinajstić information content (AvgIpc) is 3.19. The Morgan fingerprint density at radius 1 is 1.14 bits per heavy atom. The molecule has 0 bridgehead atoms. The summed E-state index contributed by atoms with van der Waals surface area (Å²) in [5.74, 6) is 1.89. The van der Waals surface area contributed by atoms with Crippen LogP contribution >= 0.6 is 11.3 Å². The van der Waals surface area contributed by atoms with E-state index in [1.54, 1.807) is 11.3 Å². The number of nitrogens with one attached hydrogen (secondary N) is 1. The molecule has 0 amide bonds. The second-order valence-electron chi connectivity index (χ2n) is 5.07. The Labute approximate surface area is 126 Å². The number of thiophene rings is 1. The topological polar surface area (TPSA) is 58.4 Å². The number of anilines is 1. The molecule has 0 unspecified atom stereocenters. The van der Waals surface area contributed by atoms with E-state index in [1.807, 2.05) is 16.6 Å². The van der Waals surface area contributed by atoms with Crippen LogP contribution in [-0.2, 0) is 6.42 Å². The highest BCUT2D eigenvalue weighted by atomic mass is 32.1. The van der Waals surface area contributed by atoms with E-state index in [4.69, 9.17) is 5.10 Å². The number of hydrogen-bond acceptors (Lipinski definition) is 6. The Hall–Kier alpha value is -1.99. The predicted octanol–water partition coefficient (Wildman–Crippen LogP) is 1.19. The zero-order valence-corrected chi connectivity index (χ0v) is 12.4. The van der Waals surface area contributed by atoms with Crippen LogP contribution in [0.5, 0.6) is 0 Å². The maximum Gasteiger partial charge on any atom is 0.178 e. The number of fused-ring (bicyclic) bond motifs is 1. The van der Waals surface area contributed by atoms with Crippen molar-refractivity contribution < 1.29 is 0 Å². The van der Waals surface area contributed by atoms with Crippen molar-refractivity contribution in [2.24, 2.45) is 0 Å². The largest absolute Gasteiger partial charge is 0.353 e. The van der Waals surface area contributed by atoms with Gasteiger partial charge in [0.1, 0.15) is 5.82 Å². The third-order valence-corrected chi connectivity index (χ3v) is 4.54. The van der Waals surface area contributed by atoms with Crippen molar-refractivity contribution in [3.63, 3.8) is 0 Å². The Balaban J connectivity index is 1.68. The monoisotopic (exact) mass is 300 g/mol. The summed E-state index contributed by atoms with van der Waals surface area (Å²) in [7, 11) is 0. The molecule has 108 valence electrons. The van der Waals surface area contributed by atoms with Gasteiger partial charge in [0.05, 0.1) is 0 Å². The first kappa shape index (κ1) is 12.7. The van der Waals surface area contributed by atoms with Gasteiger partial charge in [0.2, 0.25) is 0 Å². The van der Waals surface area contributed by atoms with Gasteiger partial charge in [-0.15, -0.1) is 26.6 Å². The van der Waals surface area contributed by atoms with Crippen molar-refractivity contribution in [1.82, 2.24) is 25.1 Å². The fourth-order valence-electron chi connectivity index (χ4n) is 2.57. The van der Waals surface area contributed by atoms with Gasteiger partial charge >= 0.3 is 0 Å². The van der Waals surface area contributed by atoms with Crippen molar-refractivity contribution >= 4 is 22.8 Å². The minimum Gasteiger partial charge on any atom is -0.353 e. The summed E-state index contributed by atoms with van der Waals surface area (Å²) >= 11 is 1.73. The molecule has 1 N–H and O–H groups in total. The van der Waals surface area contributed by atoms with Gasteiger partial charge in [0.25, 0.3) is 0 Å². The molecule has 1 aliphatic heterocycles. The fourth-order valence-corrected chi connectivity index (χ4v) is 3.27. The highest BCUT2D eigenvalue weighted by molar-refractivity contribution is 7.09. The van der Waals surface area contributed by atoms with E-state index in [9.17, 15) is 0 Å². The van der Waals surface area contributed by atoms with Crippen LogP contribution in [0.2, 0.25) is 0 Å². The quantitative estimate of drug-likeness (QED) is 0.787. The Morgan fingerprint density at radius 3 is 2.86 bits per heavy atom. The maximum atomic E-state index is 4.73. The van der Waals surface area contributed by atoms with Gasteiger partial charge in [-0.3, -0.25) is 0 Å². The first-order chi connectivity index (χ1) is 10.4. The Kier molecular flexibility index (Phi) is 3.28. The van der Waals surface area contributed by atoms with Crippen molar-refractivity contribution in [3.8, 4) is 0 Å². The number of rotatable bonds is 3. The van der Waals surface area contributed by atoms with E-state index in [-0.39, 0.29) is 0 Å². The lowest BCUT2D eigenvalue weighted by molar-refractivity contribution is 0.581. The van der Waals surface area contributed by atoms with Crippen molar-refractivity contribution in [2.75, 3.05) is 31.1 Å². The van der Waals surface area contributed by atoms with E-state index < -0.39 is 0 Å². The molecular formula is C14H16N6S. The smallest absolute Gasteiger partial charge is 0.178 e. The van der Waals surface area contributed by atoms with Crippen LogP contribution in [0, 0.1) is 0 Å². The molecule has 0 aliphatic carbocycles. The van der Waals surface area contributed by atoms with Gasteiger partial charge in [-0.2, -0.15) is 4.52 Å². The molecule has 0 spiro atoms. The summed E-state index contributed by atoms with van der Waals surface area (Å²) in [4.78, 5) is 3.57. The zero-order valence-electron chi connectivity index (χ0n) is 11.6. The van der Waals surface area contributed by atoms with Crippen LogP contribution < -0.4 is 10.2 Å². The van der Waals surface area contributed by atoms with E-state index in [2.05, 4.69) is 37.9 Å². The molecule has 4 heterocycles. The molecule has 3 aromatic rings. The molecule has 21 heavy (non-hydrogen) atoms. The van der Waals surface area contributed by atoms with Crippen molar-refractivity contribution in [2.45, 2.75) is 6.42 Å². The summed E-state index contributed by atoms with van der Waals surface area (Å²) in [6.07, 6.45) is 0.775. The SMILES string of the molecule is c1csc(Cc2nnc3ccc(N4CCNCC4)nn23)c1. The number of hydrogen-bond donors (Lipinski definition) is 1. The van der Waals surface area contributed by atoms with Gasteiger partial charge in [-0.25, -0.2) is 0 Å². The predicted molar refractivity (Wildman–Crippen MR) is 83.0 cm³/mol. The molecule has 0 saturated carbocycles. The van der Waals surface area contributed by atoms with Crippen LogP contribution in [0.4, 0.5) is 5.82 Å². The normalized spacial score (nSPS) is 15.7. The highest BCUT2D eigenvalue weighted by Crippen LogP contribution is 2.16. The molecule has 1 fully saturated rings. The maximum absolute atomic E-state index is 4.73. The van der Waals surface area contributed by atoms with Crippen molar-refractivity contribution in [3.05, 3.63) is 40.3 Å². The molecule has 1 saturated heterocycles. The molecule has 4 rings (SSSR count). The van der Waals surface area contributed by atoms with Crippen LogP contribution in [0.1, 0.15) is 10.7 Å². The van der Waals surface area contributed by atoms with Gasteiger partial charge in [-0.1, -0.05) is 6.07 Å². The summed E-state index contributed by atoms with van der Waals surface area (Å²) in [5.41, 5.74) is 0.806. The Bertz CT molecular complexity index is 729. The second-order valence-corrected chi connectivity index (χ2v) is 6.10. The van der Waals surface area contributed by atoms with Crippen LogP contribution in [-0.4, -0.2) is 46.0 Å². The third-order valence-electron chi connectivity index (χ3n) is 3.67. The standard InChI is InChI=1S/C14H16N6S/c1-2-11(21-9-1)10-14-17-16-12-3-4-13(18-20(12)14)19-7-5-15-6-8-19/h1-4,9,15H,5-8,10H2. The van der Waals surface area contributed by atoms with E-state index in [1.165, 1.54) is 4.88 Å². The van der Waals surface area contributed by atoms with Crippen LogP contribution in [0.15, 0.2) is 29.6 Å². The van der Waals surface area contributed by atoms with Crippen LogP contribution in [0.3, 0.4) is 0 Å². The third kappa shape index (κ3) is 2.50. The van der Waals surface area contributed by atoms with E-state index in [0.29, 0.717) is 0 Å². The van der Waals surface area contributed by atoms with Crippen molar-refractivity contribution in [1.29, 1.82) is 0 Å². The summed E-state index contributed by atoms with van der Waals surface area (Å²) in [5, 5.41) is 18.7. The minimum atomic E-state index is 0.775. The summed E-state index contributed by atoms with van der Waals surface area (Å²) in [6.45, 7) is 3.98. The Morgan fingerprint density at radius 2 is 2.05 bits per heavy atom. The minimum absolute atomic E-state index is 0.775. The number of aromatic nitrogens is 4. The van der Waals surface area contributed by atoms with Crippen LogP contribution in [0.25, 0.3) is 5.65 Å². The lowest BCUT2D eigenvalue weighted by atomic mass is 10.3. The molecule has 1 aliphatic rings. The van der Waals surface area contributed by atoms with E-state index >= 15 is 0 Å². The second kappa shape index (κ2) is 5.42. The first-order valence-corrected chi connectivity index (χ1v) is 7.97. The van der Waals surface area contributed by atoms with Gasteiger partial charge in [0.15, 0.2) is 11.5 Å². The average molecular weight is 300 g/mol. The summed E-state index contributed by atoms with van der Waals surface area (Å²) in [6, 6.07) is 8.20. The highest BCUT2D eigenvalue weighted by Gasteiger charge is 2.14. The number of piperazine rings is 1. The van der Waals surface area contributed by atoms with E-state index in [0.717, 1.165) is 49.9 Å². The first-order valence-electron chi connectivity index (χ1n) is 7.09. The molecule has 0 aromatic carbocycles. The number of nitrogens with zero attached hydrogens (tertiary/aromatic N) is 5. The van der Waals surface area contributed by atoms with Gasteiger partial charge in [0, 0.05) is 37.5 Å². The fraction of sp³-hybridized carbons (Fsp3) is 0.357. The molecular weight excluding hydrogens is 284 g/mol. The summed E-state index contributed by atoms with van der Waals surface area (Å²) < 4.78 is 1.87.